The largest absolute Gasteiger partial charge is 0.468 e. The fourth-order valence-electron chi connectivity index (χ4n) is 1.98. The Morgan fingerprint density at radius 2 is 1.77 bits per heavy atom. The highest BCUT2D eigenvalue weighted by atomic mass is 16.5. The molecule has 0 aliphatic heterocycles. The minimum atomic E-state index is -0.759. The summed E-state index contributed by atoms with van der Waals surface area (Å²) in [7, 11) is 2.62. The molecule has 0 bridgehead atoms. The average Bonchev–Trinajstić information content (AvgIpc) is 3.01. The van der Waals surface area contributed by atoms with Gasteiger partial charge in [0.1, 0.15) is 17.6 Å². The number of ether oxygens (including phenoxy) is 2. The number of furan rings is 1. The molecule has 1 aromatic carbocycles. The van der Waals surface area contributed by atoms with E-state index < -0.39 is 18.0 Å². The summed E-state index contributed by atoms with van der Waals surface area (Å²) in [6, 6.07) is 9.61. The standard InChI is InChI=1S/C16H17NO5/c1-20-15(18)11-5-3-10(4-6-11)14-8-7-12(22-14)9-13(17)16(19)21-2/h3-8,13H,9,17H2,1-2H3. The van der Waals surface area contributed by atoms with Gasteiger partial charge in [-0.05, 0) is 24.3 Å². The number of hydrogen-bond acceptors (Lipinski definition) is 6. The highest BCUT2D eigenvalue weighted by Gasteiger charge is 2.17. The number of rotatable bonds is 5. The van der Waals surface area contributed by atoms with Crippen LogP contribution in [0.2, 0.25) is 0 Å². The summed E-state index contributed by atoms with van der Waals surface area (Å²) < 4.78 is 14.9. The van der Waals surface area contributed by atoms with Crippen molar-refractivity contribution in [2.24, 2.45) is 5.73 Å². The lowest BCUT2D eigenvalue weighted by atomic mass is 10.1. The monoisotopic (exact) mass is 303 g/mol. The van der Waals surface area contributed by atoms with Crippen LogP contribution in [0.25, 0.3) is 11.3 Å². The quantitative estimate of drug-likeness (QED) is 0.846. The van der Waals surface area contributed by atoms with Crippen LogP contribution in [0, 0.1) is 0 Å². The zero-order valence-electron chi connectivity index (χ0n) is 12.4. The van der Waals surface area contributed by atoms with Crippen molar-refractivity contribution in [2.45, 2.75) is 12.5 Å². The van der Waals surface area contributed by atoms with Crippen LogP contribution in [0.5, 0.6) is 0 Å². The van der Waals surface area contributed by atoms with E-state index in [9.17, 15) is 9.59 Å². The van der Waals surface area contributed by atoms with Gasteiger partial charge in [-0.25, -0.2) is 4.79 Å². The van der Waals surface area contributed by atoms with E-state index in [-0.39, 0.29) is 6.42 Å². The van der Waals surface area contributed by atoms with E-state index in [1.165, 1.54) is 14.2 Å². The van der Waals surface area contributed by atoms with Gasteiger partial charge < -0.3 is 19.6 Å². The topological polar surface area (TPSA) is 91.8 Å². The Labute approximate surface area is 127 Å². The maximum absolute atomic E-state index is 11.4. The van der Waals surface area contributed by atoms with Gasteiger partial charge >= 0.3 is 11.9 Å². The Hall–Kier alpha value is -2.60. The van der Waals surface area contributed by atoms with Crippen molar-refractivity contribution in [3.8, 4) is 11.3 Å². The van der Waals surface area contributed by atoms with Crippen LogP contribution >= 0.6 is 0 Å². The van der Waals surface area contributed by atoms with Crippen LogP contribution in [0.1, 0.15) is 16.1 Å². The highest BCUT2D eigenvalue weighted by molar-refractivity contribution is 5.89. The van der Waals surface area contributed by atoms with E-state index in [1.54, 1.807) is 36.4 Å². The zero-order valence-corrected chi connectivity index (χ0v) is 12.4. The van der Waals surface area contributed by atoms with E-state index in [1.807, 2.05) is 0 Å². The third kappa shape index (κ3) is 3.53. The molecule has 1 aromatic heterocycles. The van der Waals surface area contributed by atoms with E-state index in [0.29, 0.717) is 17.1 Å². The summed E-state index contributed by atoms with van der Waals surface area (Å²) in [4.78, 5) is 22.7. The van der Waals surface area contributed by atoms with Crippen LogP contribution in [0.3, 0.4) is 0 Å². The molecular weight excluding hydrogens is 286 g/mol. The first-order valence-electron chi connectivity index (χ1n) is 6.66. The Bertz CT molecular complexity index is 659. The summed E-state index contributed by atoms with van der Waals surface area (Å²) in [6.45, 7) is 0. The summed E-state index contributed by atoms with van der Waals surface area (Å²) in [6.07, 6.45) is 0.257. The van der Waals surface area contributed by atoms with Crippen molar-refractivity contribution in [1.29, 1.82) is 0 Å². The van der Waals surface area contributed by atoms with Crippen LogP contribution in [-0.4, -0.2) is 32.2 Å². The molecule has 0 saturated carbocycles. The molecule has 0 radical (unpaired) electrons. The van der Waals surface area contributed by atoms with Crippen LogP contribution in [-0.2, 0) is 20.7 Å². The maximum atomic E-state index is 11.4. The second-order valence-electron chi connectivity index (χ2n) is 4.67. The molecule has 0 aliphatic rings. The Kier molecular flexibility index (Phi) is 4.95. The SMILES string of the molecule is COC(=O)c1ccc(-c2ccc(CC(N)C(=O)OC)o2)cc1. The Balaban J connectivity index is 2.11. The molecule has 0 amide bonds. The van der Waals surface area contributed by atoms with Gasteiger partial charge in [0.05, 0.1) is 19.8 Å². The molecule has 116 valence electrons. The van der Waals surface area contributed by atoms with E-state index in [4.69, 9.17) is 10.2 Å². The van der Waals surface area contributed by atoms with Crippen molar-refractivity contribution >= 4 is 11.9 Å². The summed E-state index contributed by atoms with van der Waals surface area (Å²) in [5.41, 5.74) is 6.96. The van der Waals surface area contributed by atoms with Crippen molar-refractivity contribution in [1.82, 2.24) is 0 Å². The average molecular weight is 303 g/mol. The lowest BCUT2D eigenvalue weighted by Crippen LogP contribution is -2.33. The lowest BCUT2D eigenvalue weighted by molar-refractivity contribution is -0.142. The summed E-state index contributed by atoms with van der Waals surface area (Å²) in [5, 5.41) is 0. The van der Waals surface area contributed by atoms with E-state index in [2.05, 4.69) is 9.47 Å². The fraction of sp³-hybridized carbons (Fsp3) is 0.250. The van der Waals surface area contributed by atoms with Crippen LogP contribution in [0.15, 0.2) is 40.8 Å². The molecule has 6 heteroatoms. The number of nitrogens with two attached hydrogens (primary N) is 1. The number of benzene rings is 1. The van der Waals surface area contributed by atoms with E-state index in [0.717, 1.165) is 5.56 Å². The number of methoxy groups -OCH3 is 2. The number of carbonyl (C=O) groups excluding carboxylic acids is 2. The third-order valence-corrected chi connectivity index (χ3v) is 3.18. The maximum Gasteiger partial charge on any atom is 0.337 e. The molecule has 1 atom stereocenters. The van der Waals surface area contributed by atoms with E-state index >= 15 is 0 Å². The smallest absolute Gasteiger partial charge is 0.337 e. The molecule has 1 heterocycles. The van der Waals surface area contributed by atoms with Gasteiger partial charge in [0.2, 0.25) is 0 Å². The van der Waals surface area contributed by atoms with Gasteiger partial charge in [0.25, 0.3) is 0 Å². The third-order valence-electron chi connectivity index (χ3n) is 3.18. The molecular formula is C16H17NO5. The lowest BCUT2D eigenvalue weighted by Gasteiger charge is -2.06. The van der Waals surface area contributed by atoms with Gasteiger partial charge in [0, 0.05) is 12.0 Å². The number of esters is 2. The number of hydrogen-bond donors (Lipinski definition) is 1. The Morgan fingerprint density at radius 3 is 2.36 bits per heavy atom. The molecule has 0 fully saturated rings. The second kappa shape index (κ2) is 6.91. The normalized spacial score (nSPS) is 11.8. The molecule has 6 nitrogen and oxygen atoms in total. The summed E-state index contributed by atoms with van der Waals surface area (Å²) >= 11 is 0. The molecule has 22 heavy (non-hydrogen) atoms. The molecule has 0 aliphatic carbocycles. The van der Waals surface area contributed by atoms with Crippen LogP contribution in [0.4, 0.5) is 0 Å². The molecule has 2 rings (SSSR count). The molecule has 0 saturated heterocycles. The Morgan fingerprint density at radius 1 is 1.09 bits per heavy atom. The minimum Gasteiger partial charge on any atom is -0.468 e. The first-order chi connectivity index (χ1) is 10.5. The number of carbonyl (C=O) groups is 2. The van der Waals surface area contributed by atoms with Gasteiger partial charge in [-0.2, -0.15) is 0 Å². The second-order valence-corrected chi connectivity index (χ2v) is 4.67. The molecule has 2 aromatic rings. The zero-order chi connectivity index (χ0) is 16.1. The van der Waals surface area contributed by atoms with Crippen molar-refractivity contribution in [2.75, 3.05) is 14.2 Å². The first kappa shape index (κ1) is 15.8. The predicted octanol–water partition coefficient (Wildman–Crippen LogP) is 1.78. The van der Waals surface area contributed by atoms with Crippen molar-refractivity contribution < 1.29 is 23.5 Å². The van der Waals surface area contributed by atoms with Crippen molar-refractivity contribution in [3.05, 3.63) is 47.7 Å². The van der Waals surface area contributed by atoms with Gasteiger partial charge in [-0.1, -0.05) is 12.1 Å². The molecule has 1 unspecified atom stereocenters. The highest BCUT2D eigenvalue weighted by Crippen LogP contribution is 2.23. The molecule has 0 spiro atoms. The molecule has 2 N–H and O–H groups in total. The van der Waals surface area contributed by atoms with Crippen molar-refractivity contribution in [3.63, 3.8) is 0 Å². The van der Waals surface area contributed by atoms with Gasteiger partial charge in [-0.15, -0.1) is 0 Å². The predicted molar refractivity (Wildman–Crippen MR) is 79.2 cm³/mol. The minimum absolute atomic E-state index is 0.257. The van der Waals surface area contributed by atoms with Gasteiger partial charge in [-0.3, -0.25) is 4.79 Å². The summed E-state index contributed by atoms with van der Waals surface area (Å²) in [5.74, 6) is 0.338. The first-order valence-corrected chi connectivity index (χ1v) is 6.66. The fourth-order valence-corrected chi connectivity index (χ4v) is 1.98. The van der Waals surface area contributed by atoms with Gasteiger partial charge in [0.15, 0.2) is 0 Å². The van der Waals surface area contributed by atoms with Crippen LogP contribution < -0.4 is 5.73 Å².